The normalized spacial score (nSPS) is 12.3. The molecule has 1 N–H and O–H groups in total. The van der Waals surface area contributed by atoms with E-state index in [9.17, 15) is 18.0 Å². The Kier molecular flexibility index (Phi) is 9.31. The maximum atomic E-state index is 13.5. The Morgan fingerprint density at radius 2 is 1.73 bits per heavy atom. The van der Waals surface area contributed by atoms with E-state index in [0.29, 0.717) is 11.6 Å². The third kappa shape index (κ3) is 7.75. The standard InChI is InChI=1S/C24H32ClN3O4S/c1-17(2)14-26-24(30)19(4)27(15-20-10-7-6-9-18(20)3)23(29)16-28(33(5,31)32)22-12-8-11-21(25)13-22/h6-13,17,19H,14-16H2,1-5H3,(H,26,30). The number of nitrogens with zero attached hydrogens (tertiary/aromatic N) is 2. The quantitative estimate of drug-likeness (QED) is 0.547. The Balaban J connectivity index is 2.38. The van der Waals surface area contributed by atoms with Gasteiger partial charge >= 0.3 is 0 Å². The lowest BCUT2D eigenvalue weighted by Gasteiger charge is -2.32. The van der Waals surface area contributed by atoms with Gasteiger partial charge in [-0.1, -0.05) is 55.8 Å². The van der Waals surface area contributed by atoms with Crippen LogP contribution in [0, 0.1) is 12.8 Å². The molecular weight excluding hydrogens is 462 g/mol. The number of hydrogen-bond acceptors (Lipinski definition) is 4. The number of amides is 2. The maximum Gasteiger partial charge on any atom is 0.244 e. The smallest absolute Gasteiger partial charge is 0.244 e. The fourth-order valence-corrected chi connectivity index (χ4v) is 4.28. The highest BCUT2D eigenvalue weighted by molar-refractivity contribution is 7.92. The second-order valence-electron chi connectivity index (χ2n) is 8.51. The minimum atomic E-state index is -3.79. The van der Waals surface area contributed by atoms with Crippen LogP contribution >= 0.6 is 11.6 Å². The zero-order valence-electron chi connectivity index (χ0n) is 19.7. The average molecular weight is 494 g/mol. The van der Waals surface area contributed by atoms with Gasteiger partial charge in [-0.15, -0.1) is 0 Å². The van der Waals surface area contributed by atoms with E-state index in [-0.39, 0.29) is 24.1 Å². The molecule has 2 aromatic rings. The molecule has 0 aromatic heterocycles. The summed E-state index contributed by atoms with van der Waals surface area (Å²) in [5, 5.41) is 3.21. The number of nitrogens with one attached hydrogen (secondary N) is 1. The number of sulfonamides is 1. The van der Waals surface area contributed by atoms with Crippen molar-refractivity contribution < 1.29 is 18.0 Å². The molecule has 0 aliphatic heterocycles. The van der Waals surface area contributed by atoms with E-state index in [1.54, 1.807) is 25.1 Å². The van der Waals surface area contributed by atoms with Crippen molar-refractivity contribution in [1.29, 1.82) is 0 Å². The SMILES string of the molecule is Cc1ccccc1CN(C(=O)CN(c1cccc(Cl)c1)S(C)(=O)=O)C(C)C(=O)NCC(C)C. The molecule has 0 heterocycles. The molecule has 1 atom stereocenters. The summed E-state index contributed by atoms with van der Waals surface area (Å²) in [6, 6.07) is 13.1. The van der Waals surface area contributed by atoms with Crippen molar-refractivity contribution >= 4 is 39.1 Å². The molecule has 0 spiro atoms. The van der Waals surface area contributed by atoms with Crippen molar-refractivity contribution in [3.8, 4) is 0 Å². The third-order valence-electron chi connectivity index (χ3n) is 5.23. The van der Waals surface area contributed by atoms with Crippen LogP contribution in [0.25, 0.3) is 0 Å². The van der Waals surface area contributed by atoms with Crippen LogP contribution in [0.1, 0.15) is 31.9 Å². The number of benzene rings is 2. The van der Waals surface area contributed by atoms with Crippen molar-refractivity contribution in [2.24, 2.45) is 5.92 Å². The summed E-state index contributed by atoms with van der Waals surface area (Å²) in [6.07, 6.45) is 1.03. The van der Waals surface area contributed by atoms with Crippen molar-refractivity contribution in [2.75, 3.05) is 23.7 Å². The fraction of sp³-hybridized carbons (Fsp3) is 0.417. The number of carbonyl (C=O) groups excluding carboxylic acids is 2. The second kappa shape index (κ2) is 11.5. The molecule has 2 rings (SSSR count). The zero-order valence-corrected chi connectivity index (χ0v) is 21.3. The first-order valence-electron chi connectivity index (χ1n) is 10.7. The van der Waals surface area contributed by atoms with Gasteiger partial charge in [-0.25, -0.2) is 8.42 Å². The summed E-state index contributed by atoms with van der Waals surface area (Å²) < 4.78 is 26.1. The van der Waals surface area contributed by atoms with E-state index in [0.717, 1.165) is 21.7 Å². The Morgan fingerprint density at radius 1 is 1.06 bits per heavy atom. The van der Waals surface area contributed by atoms with Gasteiger partial charge in [0.05, 0.1) is 11.9 Å². The Morgan fingerprint density at radius 3 is 2.30 bits per heavy atom. The molecule has 0 saturated carbocycles. The monoisotopic (exact) mass is 493 g/mol. The summed E-state index contributed by atoms with van der Waals surface area (Å²) in [5.41, 5.74) is 2.13. The van der Waals surface area contributed by atoms with Crippen LogP contribution in [0.2, 0.25) is 5.02 Å². The lowest BCUT2D eigenvalue weighted by molar-refractivity contribution is -0.139. The molecule has 0 fully saturated rings. The number of anilines is 1. The van der Waals surface area contributed by atoms with Gasteiger partial charge in [0.15, 0.2) is 0 Å². The van der Waals surface area contributed by atoms with Gasteiger partial charge in [-0.3, -0.25) is 13.9 Å². The first kappa shape index (κ1) is 26.7. The topological polar surface area (TPSA) is 86.8 Å². The van der Waals surface area contributed by atoms with Crippen molar-refractivity contribution in [3.05, 3.63) is 64.7 Å². The molecule has 0 aliphatic rings. The first-order valence-corrected chi connectivity index (χ1v) is 13.0. The predicted octanol–water partition coefficient (Wildman–Crippen LogP) is 3.60. The van der Waals surface area contributed by atoms with E-state index in [1.165, 1.54) is 11.0 Å². The van der Waals surface area contributed by atoms with Crippen LogP contribution in [-0.2, 0) is 26.2 Å². The van der Waals surface area contributed by atoms with E-state index >= 15 is 0 Å². The van der Waals surface area contributed by atoms with Crippen LogP contribution in [-0.4, -0.2) is 50.5 Å². The van der Waals surface area contributed by atoms with Gasteiger partial charge in [0.1, 0.15) is 12.6 Å². The minimum absolute atomic E-state index is 0.176. The van der Waals surface area contributed by atoms with Crippen LogP contribution < -0.4 is 9.62 Å². The molecule has 1 unspecified atom stereocenters. The largest absolute Gasteiger partial charge is 0.354 e. The molecule has 7 nitrogen and oxygen atoms in total. The van der Waals surface area contributed by atoms with Gasteiger partial charge in [-0.05, 0) is 49.1 Å². The van der Waals surface area contributed by atoms with E-state index < -0.39 is 28.5 Å². The van der Waals surface area contributed by atoms with Crippen molar-refractivity contribution in [1.82, 2.24) is 10.2 Å². The highest BCUT2D eigenvalue weighted by Crippen LogP contribution is 2.23. The van der Waals surface area contributed by atoms with Crippen LogP contribution in [0.4, 0.5) is 5.69 Å². The molecule has 2 amide bonds. The zero-order chi connectivity index (χ0) is 24.8. The molecule has 0 saturated heterocycles. The number of hydrogen-bond donors (Lipinski definition) is 1. The average Bonchev–Trinajstić information content (AvgIpc) is 2.73. The Bertz CT molecular complexity index is 1090. The molecule has 0 radical (unpaired) electrons. The second-order valence-corrected chi connectivity index (χ2v) is 10.9. The Labute approximate surface area is 201 Å². The molecule has 0 aliphatic carbocycles. The first-order chi connectivity index (χ1) is 15.4. The summed E-state index contributed by atoms with van der Waals surface area (Å²) in [6.45, 7) is 7.74. The lowest BCUT2D eigenvalue weighted by Crippen LogP contribution is -2.51. The highest BCUT2D eigenvalue weighted by atomic mass is 35.5. The third-order valence-corrected chi connectivity index (χ3v) is 6.60. The van der Waals surface area contributed by atoms with E-state index in [1.807, 2.05) is 45.0 Å². The summed E-state index contributed by atoms with van der Waals surface area (Å²) >= 11 is 6.05. The predicted molar refractivity (Wildman–Crippen MR) is 133 cm³/mol. The summed E-state index contributed by atoms with van der Waals surface area (Å²) in [5.74, 6) is -0.527. The van der Waals surface area contributed by atoms with Gasteiger partial charge in [-0.2, -0.15) is 0 Å². The maximum absolute atomic E-state index is 13.5. The fourth-order valence-electron chi connectivity index (χ4n) is 3.25. The number of rotatable bonds is 10. The molecule has 2 aromatic carbocycles. The van der Waals surface area contributed by atoms with Crippen LogP contribution in [0.3, 0.4) is 0 Å². The van der Waals surface area contributed by atoms with E-state index in [2.05, 4.69) is 5.32 Å². The summed E-state index contributed by atoms with van der Waals surface area (Å²) in [7, 11) is -3.79. The van der Waals surface area contributed by atoms with Crippen LogP contribution in [0.5, 0.6) is 0 Å². The van der Waals surface area contributed by atoms with Gasteiger partial charge < -0.3 is 10.2 Å². The number of aryl methyl sites for hydroxylation is 1. The Hall–Kier alpha value is -2.58. The number of halogens is 1. The summed E-state index contributed by atoms with van der Waals surface area (Å²) in [4.78, 5) is 27.7. The minimum Gasteiger partial charge on any atom is -0.354 e. The van der Waals surface area contributed by atoms with Gasteiger partial charge in [0.25, 0.3) is 0 Å². The molecule has 180 valence electrons. The van der Waals surface area contributed by atoms with Crippen molar-refractivity contribution in [2.45, 2.75) is 40.3 Å². The van der Waals surface area contributed by atoms with Gasteiger partial charge in [0, 0.05) is 18.1 Å². The molecule has 9 heteroatoms. The van der Waals surface area contributed by atoms with Crippen molar-refractivity contribution in [3.63, 3.8) is 0 Å². The lowest BCUT2D eigenvalue weighted by atomic mass is 10.1. The highest BCUT2D eigenvalue weighted by Gasteiger charge is 2.30. The van der Waals surface area contributed by atoms with Crippen LogP contribution in [0.15, 0.2) is 48.5 Å². The number of carbonyl (C=O) groups is 2. The van der Waals surface area contributed by atoms with Gasteiger partial charge in [0.2, 0.25) is 21.8 Å². The van der Waals surface area contributed by atoms with E-state index in [4.69, 9.17) is 11.6 Å². The molecule has 33 heavy (non-hydrogen) atoms. The molecule has 0 bridgehead atoms. The molecular formula is C24H32ClN3O4S.